The third-order valence-electron chi connectivity index (χ3n) is 2.78. The van der Waals surface area contributed by atoms with Crippen LogP contribution >= 0.6 is 11.6 Å². The van der Waals surface area contributed by atoms with Gasteiger partial charge in [0.05, 0.1) is 5.02 Å². The summed E-state index contributed by atoms with van der Waals surface area (Å²) in [4.78, 5) is 4.05. The van der Waals surface area contributed by atoms with E-state index in [-0.39, 0.29) is 10.9 Å². The molecule has 1 saturated carbocycles. The maximum atomic E-state index is 11.9. The van der Waals surface area contributed by atoms with Gasteiger partial charge in [-0.05, 0) is 18.4 Å². The summed E-state index contributed by atoms with van der Waals surface area (Å²) in [6.45, 7) is 2.00. The van der Waals surface area contributed by atoms with E-state index in [4.69, 9.17) is 11.6 Å². The van der Waals surface area contributed by atoms with Crippen molar-refractivity contribution in [2.75, 3.05) is 12.4 Å². The van der Waals surface area contributed by atoms with Gasteiger partial charge in [0.1, 0.15) is 10.7 Å². The van der Waals surface area contributed by atoms with E-state index in [1.54, 1.807) is 7.05 Å². The van der Waals surface area contributed by atoms with Crippen LogP contribution in [-0.4, -0.2) is 26.5 Å². The van der Waals surface area contributed by atoms with Gasteiger partial charge in [-0.15, -0.1) is 0 Å². The molecule has 5 nitrogen and oxygen atoms in total. The lowest BCUT2D eigenvalue weighted by atomic mass is 10.4. The second kappa shape index (κ2) is 4.44. The fourth-order valence-corrected chi connectivity index (χ4v) is 3.16. The van der Waals surface area contributed by atoms with Gasteiger partial charge in [0.2, 0.25) is 10.0 Å². The van der Waals surface area contributed by atoms with Crippen LogP contribution in [-0.2, 0) is 10.0 Å². The van der Waals surface area contributed by atoms with Crippen LogP contribution in [0.1, 0.15) is 13.3 Å². The molecule has 0 aliphatic heterocycles. The van der Waals surface area contributed by atoms with Crippen LogP contribution in [0.2, 0.25) is 5.02 Å². The fourth-order valence-electron chi connectivity index (χ4n) is 1.50. The molecule has 2 atom stereocenters. The molecule has 0 radical (unpaired) electrons. The lowest BCUT2D eigenvalue weighted by Crippen LogP contribution is -2.27. The zero-order chi connectivity index (χ0) is 12.6. The van der Waals surface area contributed by atoms with Crippen molar-refractivity contribution >= 4 is 27.4 Å². The van der Waals surface area contributed by atoms with E-state index < -0.39 is 10.0 Å². The van der Waals surface area contributed by atoms with Crippen molar-refractivity contribution in [3.05, 3.63) is 17.3 Å². The van der Waals surface area contributed by atoms with E-state index in [0.29, 0.717) is 16.8 Å². The number of pyridine rings is 1. The Balaban J connectivity index is 2.24. The topological polar surface area (TPSA) is 71.1 Å². The van der Waals surface area contributed by atoms with Crippen LogP contribution in [0.5, 0.6) is 0 Å². The highest BCUT2D eigenvalue weighted by atomic mass is 35.5. The van der Waals surface area contributed by atoms with E-state index >= 15 is 0 Å². The van der Waals surface area contributed by atoms with Crippen LogP contribution in [0.3, 0.4) is 0 Å². The third-order valence-corrected chi connectivity index (χ3v) is 4.52. The first-order valence-electron chi connectivity index (χ1n) is 5.29. The van der Waals surface area contributed by atoms with E-state index in [0.717, 1.165) is 6.42 Å². The molecule has 1 heterocycles. The van der Waals surface area contributed by atoms with Gasteiger partial charge >= 0.3 is 0 Å². The molecule has 2 rings (SSSR count). The molecule has 0 amide bonds. The van der Waals surface area contributed by atoms with Crippen LogP contribution < -0.4 is 10.0 Å². The summed E-state index contributed by atoms with van der Waals surface area (Å²) in [6.07, 6.45) is 2.18. The highest BCUT2D eigenvalue weighted by Crippen LogP contribution is 2.31. The summed E-state index contributed by atoms with van der Waals surface area (Å²) in [5, 5.41) is 3.07. The highest BCUT2D eigenvalue weighted by Gasteiger charge is 2.36. The Labute approximate surface area is 106 Å². The Morgan fingerprint density at radius 1 is 1.53 bits per heavy atom. The average Bonchev–Trinajstić information content (AvgIpc) is 2.93. The van der Waals surface area contributed by atoms with Crippen LogP contribution in [0.15, 0.2) is 17.2 Å². The molecule has 7 heteroatoms. The molecule has 0 spiro atoms. The normalized spacial score (nSPS) is 23.5. The average molecular weight is 276 g/mol. The lowest BCUT2D eigenvalue weighted by Gasteiger charge is -2.07. The summed E-state index contributed by atoms with van der Waals surface area (Å²) in [5.74, 6) is 0.871. The molecule has 0 saturated heterocycles. The Kier molecular flexibility index (Phi) is 3.29. The summed E-state index contributed by atoms with van der Waals surface area (Å²) in [7, 11) is -1.83. The van der Waals surface area contributed by atoms with E-state index in [1.807, 2.05) is 6.92 Å². The fraction of sp³-hybridized carbons (Fsp3) is 0.500. The number of nitrogens with zero attached hydrogens (tertiary/aromatic N) is 1. The maximum Gasteiger partial charge on any atom is 0.242 e. The molecule has 1 aliphatic rings. The molecular formula is C10H14ClN3O2S. The largest absolute Gasteiger partial charge is 0.372 e. The minimum Gasteiger partial charge on any atom is -0.372 e. The zero-order valence-electron chi connectivity index (χ0n) is 9.57. The van der Waals surface area contributed by atoms with E-state index in [1.165, 1.54) is 12.3 Å². The predicted molar refractivity (Wildman–Crippen MR) is 66.7 cm³/mol. The molecule has 2 N–H and O–H groups in total. The first-order chi connectivity index (χ1) is 7.94. The molecule has 94 valence electrons. The van der Waals surface area contributed by atoms with Crippen molar-refractivity contribution in [3.8, 4) is 0 Å². The summed E-state index contributed by atoms with van der Waals surface area (Å²) in [6, 6.07) is 1.44. The number of aromatic nitrogens is 1. The SMILES string of the molecule is CNc1ncc(S(=O)(=O)NC2CC2C)cc1Cl. The molecule has 1 fully saturated rings. The van der Waals surface area contributed by atoms with Gasteiger partial charge < -0.3 is 5.32 Å². The molecule has 1 aromatic rings. The van der Waals surface area contributed by atoms with Gasteiger partial charge in [0.25, 0.3) is 0 Å². The van der Waals surface area contributed by atoms with E-state index in [2.05, 4.69) is 15.0 Å². The molecule has 0 aromatic carbocycles. The van der Waals surface area contributed by atoms with Gasteiger partial charge in [-0.3, -0.25) is 0 Å². The van der Waals surface area contributed by atoms with Crippen LogP contribution in [0.4, 0.5) is 5.82 Å². The number of hydrogen-bond acceptors (Lipinski definition) is 4. The Hall–Kier alpha value is -0.850. The van der Waals surface area contributed by atoms with Gasteiger partial charge in [-0.1, -0.05) is 18.5 Å². The number of halogens is 1. The Morgan fingerprint density at radius 3 is 2.65 bits per heavy atom. The highest BCUT2D eigenvalue weighted by molar-refractivity contribution is 7.89. The van der Waals surface area contributed by atoms with Crippen molar-refractivity contribution in [1.82, 2.24) is 9.71 Å². The second-order valence-electron chi connectivity index (χ2n) is 4.19. The standard InChI is InChI=1S/C10H14ClN3O2S/c1-6-3-9(6)14-17(15,16)7-4-8(11)10(12-2)13-5-7/h4-6,9,14H,3H2,1-2H3,(H,12,13). The molecule has 17 heavy (non-hydrogen) atoms. The monoisotopic (exact) mass is 275 g/mol. The molecule has 0 bridgehead atoms. The number of anilines is 1. The van der Waals surface area contributed by atoms with Gasteiger partial charge in [-0.2, -0.15) is 0 Å². The van der Waals surface area contributed by atoms with Gasteiger partial charge in [0.15, 0.2) is 0 Å². The third kappa shape index (κ3) is 2.70. The molecule has 2 unspecified atom stereocenters. The summed E-state index contributed by atoms with van der Waals surface area (Å²) < 4.78 is 26.5. The molecular weight excluding hydrogens is 262 g/mol. The number of hydrogen-bond donors (Lipinski definition) is 2. The zero-order valence-corrected chi connectivity index (χ0v) is 11.1. The molecule has 1 aliphatic carbocycles. The summed E-state index contributed by atoms with van der Waals surface area (Å²) in [5.41, 5.74) is 0. The minimum atomic E-state index is -3.50. The smallest absolute Gasteiger partial charge is 0.242 e. The van der Waals surface area contributed by atoms with Crippen molar-refractivity contribution in [1.29, 1.82) is 0 Å². The lowest BCUT2D eigenvalue weighted by molar-refractivity contribution is 0.578. The Bertz CT molecular complexity index is 532. The van der Waals surface area contributed by atoms with Gasteiger partial charge in [0, 0.05) is 19.3 Å². The van der Waals surface area contributed by atoms with Crippen molar-refractivity contribution < 1.29 is 8.42 Å². The number of nitrogens with one attached hydrogen (secondary N) is 2. The summed E-state index contributed by atoms with van der Waals surface area (Å²) >= 11 is 5.90. The molecule has 1 aromatic heterocycles. The van der Waals surface area contributed by atoms with Crippen LogP contribution in [0.25, 0.3) is 0 Å². The Morgan fingerprint density at radius 2 is 2.18 bits per heavy atom. The van der Waals surface area contributed by atoms with Crippen molar-refractivity contribution in [2.24, 2.45) is 5.92 Å². The van der Waals surface area contributed by atoms with Crippen molar-refractivity contribution in [2.45, 2.75) is 24.3 Å². The predicted octanol–water partition coefficient (Wildman–Crippen LogP) is 1.46. The van der Waals surface area contributed by atoms with Crippen LogP contribution in [0, 0.1) is 5.92 Å². The van der Waals surface area contributed by atoms with Gasteiger partial charge in [-0.25, -0.2) is 18.1 Å². The number of rotatable bonds is 4. The number of sulfonamides is 1. The van der Waals surface area contributed by atoms with E-state index in [9.17, 15) is 8.42 Å². The second-order valence-corrected chi connectivity index (χ2v) is 6.31. The first-order valence-corrected chi connectivity index (χ1v) is 7.16. The first kappa shape index (κ1) is 12.6. The maximum absolute atomic E-state index is 11.9. The minimum absolute atomic E-state index is 0.0442. The quantitative estimate of drug-likeness (QED) is 0.873. The van der Waals surface area contributed by atoms with Crippen molar-refractivity contribution in [3.63, 3.8) is 0 Å².